The number of amides is 11. The summed E-state index contributed by atoms with van der Waals surface area (Å²) in [6, 6.07) is 5.27. The van der Waals surface area contributed by atoms with Crippen LogP contribution in [0.1, 0.15) is 75.1 Å². The maximum Gasteiger partial charge on any atom is 3.00 e. The number of carboxylic acids is 3. The minimum absolute atomic E-state index is 0. The maximum absolute atomic E-state index is 14.9. The van der Waals surface area contributed by atoms with Crippen LogP contribution in [0.2, 0.25) is 0 Å². The smallest absolute Gasteiger partial charge is 0.549 e. The number of carboxylic acid groups (broad SMARTS) is 3. The van der Waals surface area contributed by atoms with Crippen molar-refractivity contribution in [2.45, 2.75) is 120 Å². The van der Waals surface area contributed by atoms with Gasteiger partial charge in [-0.05, 0) is 55.7 Å². The molecule has 106 heavy (non-hydrogen) atoms. The van der Waals surface area contributed by atoms with E-state index in [1.165, 1.54) is 27.2 Å². The second-order valence-electron chi connectivity index (χ2n) is 25.5. The van der Waals surface area contributed by atoms with Crippen molar-refractivity contribution in [1.29, 1.82) is 0 Å². The van der Waals surface area contributed by atoms with Crippen LogP contribution in [0.4, 0.5) is 0 Å². The van der Waals surface area contributed by atoms with E-state index >= 15 is 0 Å². The molecule has 11 amide bonds. The van der Waals surface area contributed by atoms with Crippen LogP contribution >= 0.6 is 0 Å². The van der Waals surface area contributed by atoms with E-state index in [1.807, 2.05) is 18.2 Å². The largest absolute Gasteiger partial charge is 3.00 e. The summed E-state index contributed by atoms with van der Waals surface area (Å²) < 4.78 is 0. The quantitative estimate of drug-likeness (QED) is 0.0143. The molecular weight excluding hydrogens is 1550 g/mol. The van der Waals surface area contributed by atoms with Crippen molar-refractivity contribution in [1.82, 2.24) is 87.7 Å². The number of hydrogen-bond donors (Lipinski definition) is 15. The topological polar surface area (TPSA) is 576 Å². The monoisotopic (exact) mass is 1640 g/mol. The minimum atomic E-state index is -1.79. The van der Waals surface area contributed by atoms with Crippen molar-refractivity contribution in [3.05, 3.63) is 90.1 Å². The molecule has 0 radical (unpaired) electrons. The first-order valence-electron chi connectivity index (χ1n) is 34.5. The fourth-order valence-corrected chi connectivity index (χ4v) is 11.7. The molecule has 2 aromatic carbocycles. The van der Waals surface area contributed by atoms with Crippen LogP contribution in [0.3, 0.4) is 0 Å². The molecule has 39 heteroatoms. The average Bonchev–Trinajstić information content (AvgIpc) is 1.63. The summed E-state index contributed by atoms with van der Waals surface area (Å²) in [7, 11) is 0. The van der Waals surface area contributed by atoms with E-state index in [9.17, 15) is 82.4 Å². The third-order valence-corrected chi connectivity index (χ3v) is 17.2. The molecular formula is C67H94LuN21O17. The summed E-state index contributed by atoms with van der Waals surface area (Å²) in [6.45, 7) is -1.12. The number of carbonyl (C=O) groups is 14. The van der Waals surface area contributed by atoms with Gasteiger partial charge in [0, 0.05) is 133 Å². The number of nitrogens with zero attached hydrogens (tertiary/aromatic N) is 6. The second-order valence-corrected chi connectivity index (χ2v) is 25.5. The Balaban J connectivity index is 0.0000202. The number of nitrogens with two attached hydrogens (primary N) is 3. The van der Waals surface area contributed by atoms with Crippen LogP contribution in [0.25, 0.3) is 10.9 Å². The van der Waals surface area contributed by atoms with Crippen LogP contribution in [0.5, 0.6) is 0 Å². The minimum Gasteiger partial charge on any atom is -0.549 e. The maximum atomic E-state index is 14.9. The van der Waals surface area contributed by atoms with E-state index in [4.69, 9.17) is 17.2 Å². The van der Waals surface area contributed by atoms with Crippen molar-refractivity contribution in [2.75, 3.05) is 105 Å². The Hall–Kier alpha value is -9.89. The molecule has 7 atom stereocenters. The van der Waals surface area contributed by atoms with Gasteiger partial charge in [-0.2, -0.15) is 0 Å². The number of aromatic nitrogens is 3. The van der Waals surface area contributed by atoms with Crippen molar-refractivity contribution in [2.24, 2.45) is 22.2 Å². The number of guanidine groups is 1. The summed E-state index contributed by atoms with van der Waals surface area (Å²) in [4.78, 5) is 210. The molecule has 0 bridgehead atoms. The molecule has 2 fully saturated rings. The number of aliphatic carboxylic acids is 3. The number of para-hydroxylation sites is 1. The van der Waals surface area contributed by atoms with Crippen LogP contribution < -0.4 is 85.7 Å². The van der Waals surface area contributed by atoms with Gasteiger partial charge in [-0.1, -0.05) is 61.9 Å². The number of hydrogen-bond acceptors (Lipinski definition) is 23. The number of primary amides is 1. The van der Waals surface area contributed by atoms with Gasteiger partial charge in [0.15, 0.2) is 5.96 Å². The fourth-order valence-electron chi connectivity index (χ4n) is 11.7. The number of rotatable bonds is 28. The second kappa shape index (κ2) is 45.5. The van der Waals surface area contributed by atoms with Gasteiger partial charge in [0.1, 0.15) is 42.3 Å². The zero-order chi connectivity index (χ0) is 76.4. The average molecular weight is 1640 g/mol. The Labute approximate surface area is 640 Å². The molecule has 2 aliphatic heterocycles. The molecule has 584 valence electrons. The predicted molar refractivity (Wildman–Crippen MR) is 370 cm³/mol. The SMILES string of the molecule is CCC[C@H](NC(=O)CNC(=O)CNC(=O)CN1CCN(CC(=O)[O-])CCN(CC(=O)[O-])CCN(CC(=O)[O-])CC1)C(=O)N[C@H]1CC(=O)NCCCC[C@@H](C(N)=O)NC(=O)[C@H](Cc2c[nH]c3ccccc23)NC(=O)[C@H](CCCN=C(N)N)NC(=O)[C@@H](Cc2ccccc2)NC(=O)[C@H](Cc2cnc[nH]2)NC1=O.[177Lu+3]. The van der Waals surface area contributed by atoms with Gasteiger partial charge in [0.25, 0.3) is 0 Å². The number of carbonyl (C=O) groups excluding carboxylic acids is 14. The number of aromatic amines is 2. The molecule has 2 saturated heterocycles. The van der Waals surface area contributed by atoms with Crippen molar-refractivity contribution in [3.8, 4) is 0 Å². The zero-order valence-electron chi connectivity index (χ0n) is 58.7. The molecule has 38 nitrogen and oxygen atoms in total. The van der Waals surface area contributed by atoms with Crippen molar-refractivity contribution >= 4 is 99.7 Å². The van der Waals surface area contributed by atoms with E-state index < -0.39 is 164 Å². The van der Waals surface area contributed by atoms with Crippen molar-refractivity contribution in [3.63, 3.8) is 0 Å². The Morgan fingerprint density at radius 3 is 1.72 bits per heavy atom. The molecule has 0 aliphatic carbocycles. The Bertz CT molecular complexity index is 3620. The van der Waals surface area contributed by atoms with E-state index in [-0.39, 0.29) is 179 Å². The molecule has 18 N–H and O–H groups in total. The summed E-state index contributed by atoms with van der Waals surface area (Å²) in [6.07, 6.45) is 3.47. The normalized spacial score (nSPS) is 20.4. The summed E-state index contributed by atoms with van der Waals surface area (Å²) in [5, 5.41) is 61.5. The van der Waals surface area contributed by atoms with Gasteiger partial charge < -0.3 is 110 Å². The summed E-state index contributed by atoms with van der Waals surface area (Å²) in [5.41, 5.74) is 19.3. The number of aliphatic imine (C=N–C) groups is 1. The van der Waals surface area contributed by atoms with Crippen LogP contribution in [-0.4, -0.2) is 270 Å². The number of H-pyrrole nitrogens is 2. The van der Waals surface area contributed by atoms with Gasteiger partial charge in [0.2, 0.25) is 65.0 Å². The van der Waals surface area contributed by atoms with E-state index in [0.717, 1.165) is 10.9 Å². The van der Waals surface area contributed by atoms with Gasteiger partial charge in [0.05, 0.1) is 50.3 Å². The van der Waals surface area contributed by atoms with Crippen LogP contribution in [0.15, 0.2) is 78.3 Å². The molecule has 2 aliphatic rings. The molecule has 0 spiro atoms. The summed E-state index contributed by atoms with van der Waals surface area (Å²) in [5.74, 6) is -14.2. The Morgan fingerprint density at radius 2 is 1.14 bits per heavy atom. The van der Waals surface area contributed by atoms with E-state index in [2.05, 4.69) is 73.1 Å². The molecule has 6 rings (SSSR count). The van der Waals surface area contributed by atoms with Gasteiger partial charge in [-0.25, -0.2) is 4.98 Å². The zero-order valence-corrected chi connectivity index (χ0v) is 60.3. The number of imidazole rings is 1. The van der Waals surface area contributed by atoms with E-state index in [1.54, 1.807) is 54.4 Å². The molecule has 2 aromatic heterocycles. The standard InChI is InChI=1S/C67H97N21O17.Lu/c1-2-11-47(78-55(91)35-75-54(90)34-76-56(92)36-85-20-22-86(37-57(93)94)24-26-88(39-59(97)98)27-25-87(23-21-85)38-58(95)96)61(100)84-52-31-53(89)72-18-9-8-16-46(60(68)99)79-64(103)50(29-42-32-74-45-15-7-6-14-44(42)45)82-62(101)48(17-10-19-73-67(69)70)80-63(102)49(28-41-12-4-3-5-13-41)81-65(104)51(83-66(52)105)30-43-33-71-40-77-43;/h3-7,12-15,32-33,40,46-52,74H,2,8-11,16-31,34-39H2,1H3,(H2,68,99)(H,71,77)(H,72,89)(H,75,90)(H,76,92)(H,78,91)(H,79,103)(H,80,102)(H,81,104)(H,82,101)(H,83,105)(H,84,100)(H,93,94)(H,95,96)(H,97,98)(H4,69,70,73);/q;+3/p-3/t46-,47-,48-,49+,50-,51-,52-;/m0./s1/i;1+2. The molecule has 0 unspecified atom stereocenters. The van der Waals surface area contributed by atoms with Crippen molar-refractivity contribution < 1.29 is 119 Å². The van der Waals surface area contributed by atoms with Crippen LogP contribution in [0, 0.1) is 36.9 Å². The van der Waals surface area contributed by atoms with E-state index in [0.29, 0.717) is 16.8 Å². The number of nitrogens with one attached hydrogen (secondary N) is 12. The molecule has 4 aromatic rings. The fraction of sp³-hybridized carbons (Fsp3) is 0.522. The first-order chi connectivity index (χ1) is 50.2. The van der Waals surface area contributed by atoms with Gasteiger partial charge in [-0.3, -0.25) is 77.3 Å². The van der Waals surface area contributed by atoms with Crippen LogP contribution in [-0.2, 0) is 86.4 Å². The summed E-state index contributed by atoms with van der Waals surface area (Å²) >= 11 is 0. The predicted octanol–water partition coefficient (Wildman–Crippen LogP) is -9.95. The van der Waals surface area contributed by atoms with Gasteiger partial charge in [-0.15, -0.1) is 0 Å². The molecule has 0 saturated carbocycles. The molecule has 4 heterocycles. The third kappa shape index (κ3) is 31.4. The first kappa shape index (κ1) is 86.8. The number of benzene rings is 2. The Kier molecular flexibility index (Phi) is 37.2. The Morgan fingerprint density at radius 1 is 0.613 bits per heavy atom. The third-order valence-electron chi connectivity index (χ3n) is 17.2. The van der Waals surface area contributed by atoms with Gasteiger partial charge >= 0.3 is 36.9 Å². The first-order valence-corrected chi connectivity index (χ1v) is 34.5. The number of fused-ring (bicyclic) bond motifs is 1.